The largest absolute Gasteiger partial charge is 0.370 e. The SMILES string of the molecule is CCOC(c1ncc(CN)c(=O)[nH]1)C1CCCCC1. The highest BCUT2D eigenvalue weighted by Crippen LogP contribution is 2.35. The number of aromatic nitrogens is 2. The highest BCUT2D eigenvalue weighted by molar-refractivity contribution is 5.07. The summed E-state index contributed by atoms with van der Waals surface area (Å²) >= 11 is 0. The molecule has 3 N–H and O–H groups in total. The lowest BCUT2D eigenvalue weighted by Crippen LogP contribution is -2.26. The summed E-state index contributed by atoms with van der Waals surface area (Å²) in [6.45, 7) is 2.82. The average Bonchev–Trinajstić information content (AvgIpc) is 2.45. The van der Waals surface area contributed by atoms with E-state index in [0.717, 1.165) is 12.8 Å². The number of H-pyrrole nitrogens is 1. The van der Waals surface area contributed by atoms with Crippen LogP contribution in [-0.4, -0.2) is 16.6 Å². The van der Waals surface area contributed by atoms with Gasteiger partial charge in [0.05, 0.1) is 0 Å². The summed E-state index contributed by atoms with van der Waals surface area (Å²) in [4.78, 5) is 19.0. The molecule has 0 aliphatic heterocycles. The molecule has 0 amide bonds. The normalized spacial score (nSPS) is 18.4. The van der Waals surface area contributed by atoms with E-state index in [1.165, 1.54) is 19.3 Å². The monoisotopic (exact) mass is 265 g/mol. The van der Waals surface area contributed by atoms with Crippen LogP contribution in [0.5, 0.6) is 0 Å². The highest BCUT2D eigenvalue weighted by Gasteiger charge is 2.27. The molecule has 1 aliphatic carbocycles. The van der Waals surface area contributed by atoms with Gasteiger partial charge in [-0.25, -0.2) is 4.98 Å². The topological polar surface area (TPSA) is 81.0 Å². The zero-order valence-electron chi connectivity index (χ0n) is 11.5. The molecule has 5 nitrogen and oxygen atoms in total. The van der Waals surface area contributed by atoms with Crippen molar-refractivity contribution < 1.29 is 4.74 Å². The maximum Gasteiger partial charge on any atom is 0.255 e. The molecule has 106 valence electrons. The van der Waals surface area contributed by atoms with Crippen LogP contribution in [0.2, 0.25) is 0 Å². The predicted molar refractivity (Wildman–Crippen MR) is 73.7 cm³/mol. The van der Waals surface area contributed by atoms with Crippen LogP contribution in [0.4, 0.5) is 0 Å². The number of hydrogen-bond donors (Lipinski definition) is 2. The van der Waals surface area contributed by atoms with Crippen LogP contribution in [0.3, 0.4) is 0 Å². The van der Waals surface area contributed by atoms with Gasteiger partial charge in [0.1, 0.15) is 11.9 Å². The van der Waals surface area contributed by atoms with Gasteiger partial charge >= 0.3 is 0 Å². The third-order valence-electron chi connectivity index (χ3n) is 3.81. The van der Waals surface area contributed by atoms with Gasteiger partial charge in [-0.2, -0.15) is 0 Å². The van der Waals surface area contributed by atoms with Gasteiger partial charge in [-0.3, -0.25) is 4.79 Å². The molecule has 0 radical (unpaired) electrons. The predicted octanol–water partition coefficient (Wildman–Crippen LogP) is 1.89. The molecule has 1 aliphatic rings. The number of ether oxygens (including phenoxy) is 1. The molecule has 1 aromatic rings. The van der Waals surface area contributed by atoms with E-state index in [9.17, 15) is 4.79 Å². The van der Waals surface area contributed by atoms with Crippen LogP contribution in [0, 0.1) is 5.92 Å². The summed E-state index contributed by atoms with van der Waals surface area (Å²) in [5, 5.41) is 0. The molecule has 1 fully saturated rings. The first-order valence-corrected chi connectivity index (χ1v) is 7.16. The number of hydrogen-bond acceptors (Lipinski definition) is 4. The molecule has 1 unspecified atom stereocenters. The van der Waals surface area contributed by atoms with E-state index in [0.29, 0.717) is 23.9 Å². The smallest absolute Gasteiger partial charge is 0.255 e. The van der Waals surface area contributed by atoms with Crippen molar-refractivity contribution in [2.45, 2.75) is 51.7 Å². The Morgan fingerprint density at radius 3 is 2.79 bits per heavy atom. The van der Waals surface area contributed by atoms with E-state index in [1.54, 1.807) is 6.20 Å². The van der Waals surface area contributed by atoms with Crippen molar-refractivity contribution in [2.24, 2.45) is 11.7 Å². The third kappa shape index (κ3) is 3.42. The van der Waals surface area contributed by atoms with Gasteiger partial charge in [0.25, 0.3) is 5.56 Å². The lowest BCUT2D eigenvalue weighted by atomic mass is 9.85. The Kier molecular flexibility index (Phi) is 5.10. The van der Waals surface area contributed by atoms with Crippen molar-refractivity contribution in [1.82, 2.24) is 9.97 Å². The second kappa shape index (κ2) is 6.82. The third-order valence-corrected chi connectivity index (χ3v) is 3.81. The van der Waals surface area contributed by atoms with E-state index < -0.39 is 0 Å². The van der Waals surface area contributed by atoms with Gasteiger partial charge in [0.15, 0.2) is 0 Å². The maximum absolute atomic E-state index is 11.8. The quantitative estimate of drug-likeness (QED) is 0.851. The second-order valence-electron chi connectivity index (χ2n) is 5.10. The zero-order chi connectivity index (χ0) is 13.7. The van der Waals surface area contributed by atoms with Crippen molar-refractivity contribution in [3.8, 4) is 0 Å². The molecule has 5 heteroatoms. The minimum atomic E-state index is -0.145. The van der Waals surface area contributed by atoms with Crippen LogP contribution < -0.4 is 11.3 Å². The van der Waals surface area contributed by atoms with Gasteiger partial charge in [-0.1, -0.05) is 19.3 Å². The summed E-state index contributed by atoms with van der Waals surface area (Å²) in [6.07, 6.45) is 7.54. The van der Waals surface area contributed by atoms with E-state index in [1.807, 2.05) is 6.92 Å². The number of nitrogens with zero attached hydrogens (tertiary/aromatic N) is 1. The standard InChI is InChI=1S/C14H23N3O2/c1-2-19-12(10-6-4-3-5-7-10)13-16-9-11(8-15)14(18)17-13/h9-10,12H,2-8,15H2,1H3,(H,16,17,18). The lowest BCUT2D eigenvalue weighted by Gasteiger charge is -2.29. The Labute approximate surface area is 113 Å². The molecule has 1 heterocycles. The molecule has 19 heavy (non-hydrogen) atoms. The van der Waals surface area contributed by atoms with Crippen LogP contribution >= 0.6 is 0 Å². The van der Waals surface area contributed by atoms with Crippen LogP contribution in [-0.2, 0) is 11.3 Å². The fourth-order valence-electron chi connectivity index (χ4n) is 2.78. The van der Waals surface area contributed by atoms with Crippen molar-refractivity contribution >= 4 is 0 Å². The molecular formula is C14H23N3O2. The van der Waals surface area contributed by atoms with Crippen LogP contribution in [0.1, 0.15) is 56.5 Å². The molecule has 1 aromatic heterocycles. The van der Waals surface area contributed by atoms with Gasteiger partial charge < -0.3 is 15.5 Å². The van der Waals surface area contributed by atoms with Crippen molar-refractivity contribution in [3.63, 3.8) is 0 Å². The Balaban J connectivity index is 2.22. The average molecular weight is 265 g/mol. The molecule has 0 saturated heterocycles. The molecule has 1 atom stereocenters. The molecule has 0 bridgehead atoms. The van der Waals surface area contributed by atoms with Gasteiger partial charge in [-0.15, -0.1) is 0 Å². The summed E-state index contributed by atoms with van der Waals surface area (Å²) in [6, 6.07) is 0. The number of nitrogens with one attached hydrogen (secondary N) is 1. The minimum absolute atomic E-state index is 0.0928. The van der Waals surface area contributed by atoms with Gasteiger partial charge in [-0.05, 0) is 25.7 Å². The Morgan fingerprint density at radius 1 is 1.47 bits per heavy atom. The van der Waals surface area contributed by atoms with Crippen molar-refractivity contribution in [2.75, 3.05) is 6.61 Å². The van der Waals surface area contributed by atoms with E-state index in [4.69, 9.17) is 10.5 Å². The number of aromatic amines is 1. The molecule has 1 saturated carbocycles. The van der Waals surface area contributed by atoms with Gasteiger partial charge in [0, 0.05) is 24.9 Å². The zero-order valence-corrected chi connectivity index (χ0v) is 11.5. The number of rotatable bonds is 5. The Morgan fingerprint density at radius 2 is 2.21 bits per heavy atom. The lowest BCUT2D eigenvalue weighted by molar-refractivity contribution is -0.000377. The highest BCUT2D eigenvalue weighted by atomic mass is 16.5. The van der Waals surface area contributed by atoms with Crippen LogP contribution in [0.25, 0.3) is 0 Å². The van der Waals surface area contributed by atoms with E-state index >= 15 is 0 Å². The summed E-state index contributed by atoms with van der Waals surface area (Å²) < 4.78 is 5.83. The minimum Gasteiger partial charge on any atom is -0.370 e. The summed E-state index contributed by atoms with van der Waals surface area (Å²) in [5.41, 5.74) is 5.86. The first-order chi connectivity index (χ1) is 9.26. The van der Waals surface area contributed by atoms with E-state index in [-0.39, 0.29) is 18.2 Å². The Bertz CT molecular complexity index is 452. The first-order valence-electron chi connectivity index (χ1n) is 7.16. The summed E-state index contributed by atoms with van der Waals surface area (Å²) in [7, 11) is 0. The fraction of sp³-hybridized carbons (Fsp3) is 0.714. The second-order valence-corrected chi connectivity index (χ2v) is 5.10. The molecular weight excluding hydrogens is 242 g/mol. The molecule has 2 rings (SSSR count). The summed E-state index contributed by atoms with van der Waals surface area (Å²) in [5.74, 6) is 1.11. The first kappa shape index (κ1) is 14.2. The van der Waals surface area contributed by atoms with E-state index in [2.05, 4.69) is 9.97 Å². The fourth-order valence-corrected chi connectivity index (χ4v) is 2.78. The maximum atomic E-state index is 11.8. The van der Waals surface area contributed by atoms with Gasteiger partial charge in [0.2, 0.25) is 0 Å². The van der Waals surface area contributed by atoms with Crippen LogP contribution in [0.15, 0.2) is 11.0 Å². The Hall–Kier alpha value is -1.20. The molecule has 0 aromatic carbocycles. The van der Waals surface area contributed by atoms with Crippen molar-refractivity contribution in [3.05, 3.63) is 27.9 Å². The van der Waals surface area contributed by atoms with Crippen molar-refractivity contribution in [1.29, 1.82) is 0 Å². The molecule has 0 spiro atoms. The number of nitrogens with two attached hydrogens (primary N) is 1.